The van der Waals surface area contributed by atoms with Crippen molar-refractivity contribution in [3.05, 3.63) is 106 Å². The van der Waals surface area contributed by atoms with Crippen LogP contribution in [0.2, 0.25) is 0 Å². The van der Waals surface area contributed by atoms with E-state index in [9.17, 15) is 14.0 Å². The van der Waals surface area contributed by atoms with Gasteiger partial charge in [0.2, 0.25) is 0 Å². The van der Waals surface area contributed by atoms with Crippen LogP contribution < -0.4 is 15.0 Å². The van der Waals surface area contributed by atoms with Gasteiger partial charge in [-0.15, -0.1) is 11.3 Å². The molecule has 0 atom stereocenters. The van der Waals surface area contributed by atoms with Gasteiger partial charge in [0.25, 0.3) is 11.8 Å². The topological polar surface area (TPSA) is 71.5 Å². The second-order valence-corrected chi connectivity index (χ2v) is 8.04. The summed E-state index contributed by atoms with van der Waals surface area (Å²) in [6.45, 7) is 0.111. The molecule has 8 heteroatoms. The number of carbonyl (C=O) groups excluding carboxylic acids is 2. The molecule has 0 bridgehead atoms. The molecule has 33 heavy (non-hydrogen) atoms. The highest BCUT2D eigenvalue weighted by Crippen LogP contribution is 2.25. The smallest absolute Gasteiger partial charge is 0.268 e. The maximum atomic E-state index is 14.5. The number of halogens is 1. The Labute approximate surface area is 194 Å². The molecule has 0 aliphatic rings. The lowest BCUT2D eigenvalue weighted by atomic mass is 10.1. The molecular weight excluding hydrogens is 441 g/mol. The Kier molecular flexibility index (Phi) is 6.75. The third-order valence-electron chi connectivity index (χ3n) is 4.86. The highest BCUT2D eigenvalue weighted by atomic mass is 32.1. The van der Waals surface area contributed by atoms with Gasteiger partial charge < -0.3 is 15.0 Å². The van der Waals surface area contributed by atoms with Crippen LogP contribution in [0, 0.1) is 5.82 Å². The summed E-state index contributed by atoms with van der Waals surface area (Å²) in [5.74, 6) is -0.622. The third kappa shape index (κ3) is 5.24. The molecule has 0 spiro atoms. The number of aromatic nitrogens is 1. The van der Waals surface area contributed by atoms with Crippen molar-refractivity contribution in [2.45, 2.75) is 6.54 Å². The molecule has 4 rings (SSSR count). The van der Waals surface area contributed by atoms with Gasteiger partial charge in [0, 0.05) is 19.8 Å². The minimum Gasteiger partial charge on any atom is -0.453 e. The molecular formula is C25H20FN3O3S. The molecule has 0 aliphatic carbocycles. The number of anilines is 1. The van der Waals surface area contributed by atoms with E-state index in [1.165, 1.54) is 34.6 Å². The van der Waals surface area contributed by atoms with E-state index in [1.807, 2.05) is 5.38 Å². The van der Waals surface area contributed by atoms with Crippen LogP contribution in [0.25, 0.3) is 0 Å². The van der Waals surface area contributed by atoms with Gasteiger partial charge in [0.05, 0.1) is 22.3 Å². The number of rotatable bonds is 7. The molecule has 0 fully saturated rings. The number of benzene rings is 2. The van der Waals surface area contributed by atoms with Crippen molar-refractivity contribution in [2.75, 3.05) is 11.9 Å². The Bertz CT molecular complexity index is 1260. The van der Waals surface area contributed by atoms with E-state index in [0.717, 1.165) is 0 Å². The lowest BCUT2D eigenvalue weighted by Gasteiger charge is -2.20. The van der Waals surface area contributed by atoms with E-state index in [-0.39, 0.29) is 24.1 Å². The lowest BCUT2D eigenvalue weighted by molar-refractivity contribution is 0.0951. The first-order valence-electron chi connectivity index (χ1n) is 10.1. The van der Waals surface area contributed by atoms with Crippen molar-refractivity contribution < 1.29 is 18.7 Å². The summed E-state index contributed by atoms with van der Waals surface area (Å²) < 4.78 is 20.0. The maximum absolute atomic E-state index is 14.5. The number of hydrogen-bond donors (Lipinski definition) is 1. The van der Waals surface area contributed by atoms with Crippen LogP contribution in [-0.2, 0) is 6.54 Å². The van der Waals surface area contributed by atoms with Crippen LogP contribution in [-0.4, -0.2) is 23.8 Å². The number of thiophene rings is 1. The van der Waals surface area contributed by atoms with Crippen LogP contribution in [0.4, 0.5) is 10.1 Å². The Balaban J connectivity index is 1.44. The summed E-state index contributed by atoms with van der Waals surface area (Å²) in [5, 5.41) is 4.61. The normalized spacial score (nSPS) is 10.5. The van der Waals surface area contributed by atoms with E-state index < -0.39 is 5.82 Å². The Morgan fingerprint density at radius 3 is 2.67 bits per heavy atom. The molecule has 6 nitrogen and oxygen atoms in total. The summed E-state index contributed by atoms with van der Waals surface area (Å²) in [4.78, 5) is 31.5. The number of para-hydroxylation sites is 1. The molecule has 0 unspecified atom stereocenters. The molecule has 0 saturated carbocycles. The number of ether oxygens (including phenoxy) is 1. The summed E-state index contributed by atoms with van der Waals surface area (Å²) in [6.07, 6.45) is 3.09. The minimum atomic E-state index is -0.549. The van der Waals surface area contributed by atoms with Crippen molar-refractivity contribution in [3.8, 4) is 11.5 Å². The van der Waals surface area contributed by atoms with Gasteiger partial charge in [-0.1, -0.05) is 24.3 Å². The monoisotopic (exact) mass is 461 g/mol. The fourth-order valence-corrected chi connectivity index (χ4v) is 3.88. The number of nitrogens with zero attached hydrogens (tertiary/aromatic N) is 2. The number of nitrogens with one attached hydrogen (secondary N) is 1. The van der Waals surface area contributed by atoms with Gasteiger partial charge in [-0.2, -0.15) is 0 Å². The van der Waals surface area contributed by atoms with Gasteiger partial charge in [-0.25, -0.2) is 4.39 Å². The second-order valence-electron chi connectivity index (χ2n) is 7.10. The van der Waals surface area contributed by atoms with Crippen molar-refractivity contribution in [1.82, 2.24) is 10.3 Å². The molecule has 2 amide bonds. The van der Waals surface area contributed by atoms with Gasteiger partial charge in [0.1, 0.15) is 5.75 Å². The standard InChI is InChI=1S/C25H20FN3O3S/c1-29(25(31)23-9-5-13-33-23)21-8-3-2-7-19(21)24(30)28-15-17-10-11-22(20(26)14-17)32-18-6-4-12-27-16-18/h2-14,16H,15H2,1H3,(H,28,30). The highest BCUT2D eigenvalue weighted by Gasteiger charge is 2.20. The van der Waals surface area contributed by atoms with E-state index in [2.05, 4.69) is 10.3 Å². The third-order valence-corrected chi connectivity index (χ3v) is 5.72. The maximum Gasteiger partial charge on any atom is 0.268 e. The van der Waals surface area contributed by atoms with Crippen molar-refractivity contribution >= 4 is 28.8 Å². The number of amides is 2. The summed E-state index contributed by atoms with van der Waals surface area (Å²) >= 11 is 1.34. The number of hydrogen-bond acceptors (Lipinski definition) is 5. The van der Waals surface area contributed by atoms with Gasteiger partial charge in [-0.05, 0) is 53.4 Å². The van der Waals surface area contributed by atoms with E-state index >= 15 is 0 Å². The summed E-state index contributed by atoms with van der Waals surface area (Å²) in [5.41, 5.74) is 1.40. The Morgan fingerprint density at radius 1 is 1.09 bits per heavy atom. The average Bonchev–Trinajstić information content (AvgIpc) is 3.39. The van der Waals surface area contributed by atoms with Crippen molar-refractivity contribution in [1.29, 1.82) is 0 Å². The number of pyridine rings is 1. The van der Waals surface area contributed by atoms with E-state index in [4.69, 9.17) is 4.74 Å². The fourth-order valence-electron chi connectivity index (χ4n) is 3.18. The van der Waals surface area contributed by atoms with Crippen molar-refractivity contribution in [2.24, 2.45) is 0 Å². The van der Waals surface area contributed by atoms with E-state index in [0.29, 0.717) is 27.4 Å². The molecule has 0 aliphatic heterocycles. The SMILES string of the molecule is CN(C(=O)c1cccs1)c1ccccc1C(=O)NCc1ccc(Oc2cccnc2)c(F)c1. The lowest BCUT2D eigenvalue weighted by Crippen LogP contribution is -2.30. The van der Waals surface area contributed by atoms with Crippen molar-refractivity contribution in [3.63, 3.8) is 0 Å². The fraction of sp³-hybridized carbons (Fsp3) is 0.0800. The zero-order chi connectivity index (χ0) is 23.2. The predicted octanol–water partition coefficient (Wildman–Crippen LogP) is 5.28. The van der Waals surface area contributed by atoms with Crippen LogP contribution in [0.5, 0.6) is 11.5 Å². The largest absolute Gasteiger partial charge is 0.453 e. The molecule has 2 aromatic heterocycles. The second kappa shape index (κ2) is 10.1. The Hall–Kier alpha value is -4.04. The minimum absolute atomic E-state index is 0.0668. The first-order chi connectivity index (χ1) is 16.0. The van der Waals surface area contributed by atoms with Crippen LogP contribution in [0.15, 0.2) is 84.5 Å². The van der Waals surface area contributed by atoms with Crippen LogP contribution >= 0.6 is 11.3 Å². The molecule has 2 aromatic carbocycles. The molecule has 1 N–H and O–H groups in total. The van der Waals surface area contributed by atoms with Gasteiger partial charge >= 0.3 is 0 Å². The van der Waals surface area contributed by atoms with Gasteiger partial charge in [-0.3, -0.25) is 14.6 Å². The zero-order valence-corrected chi connectivity index (χ0v) is 18.5. The van der Waals surface area contributed by atoms with Gasteiger partial charge in [0.15, 0.2) is 11.6 Å². The Morgan fingerprint density at radius 2 is 1.94 bits per heavy atom. The van der Waals surface area contributed by atoms with E-state index in [1.54, 1.807) is 67.8 Å². The summed E-state index contributed by atoms with van der Waals surface area (Å²) in [7, 11) is 1.63. The molecule has 4 aromatic rings. The quantitative estimate of drug-likeness (QED) is 0.406. The average molecular weight is 462 g/mol. The molecule has 166 valence electrons. The molecule has 0 saturated heterocycles. The zero-order valence-electron chi connectivity index (χ0n) is 17.7. The van der Waals surface area contributed by atoms with Crippen LogP contribution in [0.1, 0.15) is 25.6 Å². The molecule has 0 radical (unpaired) electrons. The summed E-state index contributed by atoms with van der Waals surface area (Å²) in [6, 6.07) is 18.3. The highest BCUT2D eigenvalue weighted by molar-refractivity contribution is 7.12. The first-order valence-corrected chi connectivity index (χ1v) is 11.0. The van der Waals surface area contributed by atoms with Crippen LogP contribution in [0.3, 0.4) is 0 Å². The number of carbonyl (C=O) groups is 2. The predicted molar refractivity (Wildman–Crippen MR) is 125 cm³/mol. The molecule has 2 heterocycles. The first kappa shape index (κ1) is 22.2.